The maximum absolute atomic E-state index is 12.0. The quantitative estimate of drug-likeness (QED) is 0.678. The highest BCUT2D eigenvalue weighted by atomic mass is 16.3. The number of phenolic OH excluding ortho intramolecular Hbond substituents is 2. The predicted octanol–water partition coefficient (Wildman–Crippen LogP) is 0.836. The van der Waals surface area contributed by atoms with Gasteiger partial charge in [0.05, 0.1) is 6.04 Å². The van der Waals surface area contributed by atoms with Gasteiger partial charge in [-0.1, -0.05) is 6.07 Å². The summed E-state index contributed by atoms with van der Waals surface area (Å²) in [5.74, 6) is -0.482. The molecule has 5 heteroatoms. The van der Waals surface area contributed by atoms with Crippen molar-refractivity contribution in [3.05, 3.63) is 23.8 Å². The van der Waals surface area contributed by atoms with Crippen LogP contribution in [0.2, 0.25) is 0 Å². The van der Waals surface area contributed by atoms with E-state index in [1.54, 1.807) is 11.0 Å². The fourth-order valence-electron chi connectivity index (χ4n) is 1.81. The molecular formula is C13H20N2O3. The molecule has 0 aliphatic rings. The molecule has 1 rings (SSSR count). The van der Waals surface area contributed by atoms with Crippen LogP contribution in [0.4, 0.5) is 0 Å². The summed E-state index contributed by atoms with van der Waals surface area (Å²) in [6.45, 7) is 5.06. The third-order valence-electron chi connectivity index (χ3n) is 2.89. The summed E-state index contributed by atoms with van der Waals surface area (Å²) in [5, 5.41) is 18.6. The Morgan fingerprint density at radius 1 is 1.28 bits per heavy atom. The van der Waals surface area contributed by atoms with E-state index in [0.29, 0.717) is 19.5 Å². The minimum Gasteiger partial charge on any atom is -0.504 e. The molecule has 0 spiro atoms. The first-order valence-electron chi connectivity index (χ1n) is 6.04. The van der Waals surface area contributed by atoms with E-state index in [1.807, 2.05) is 13.8 Å². The Hall–Kier alpha value is -1.75. The van der Waals surface area contributed by atoms with Crippen molar-refractivity contribution in [1.29, 1.82) is 0 Å². The van der Waals surface area contributed by atoms with E-state index in [1.165, 1.54) is 12.1 Å². The maximum Gasteiger partial charge on any atom is 0.239 e. The van der Waals surface area contributed by atoms with E-state index < -0.39 is 6.04 Å². The molecule has 18 heavy (non-hydrogen) atoms. The number of hydrogen-bond acceptors (Lipinski definition) is 4. The van der Waals surface area contributed by atoms with Crippen molar-refractivity contribution < 1.29 is 15.0 Å². The van der Waals surface area contributed by atoms with Crippen LogP contribution in [0, 0.1) is 0 Å². The predicted molar refractivity (Wildman–Crippen MR) is 69.4 cm³/mol. The van der Waals surface area contributed by atoms with E-state index in [0.717, 1.165) is 5.56 Å². The van der Waals surface area contributed by atoms with Crippen molar-refractivity contribution >= 4 is 5.91 Å². The molecule has 1 atom stereocenters. The first-order chi connectivity index (χ1) is 8.49. The molecule has 0 saturated heterocycles. The van der Waals surface area contributed by atoms with Crippen molar-refractivity contribution in [3.63, 3.8) is 0 Å². The fraction of sp³-hybridized carbons (Fsp3) is 0.462. The highest BCUT2D eigenvalue weighted by Gasteiger charge is 2.19. The monoisotopic (exact) mass is 252 g/mol. The normalized spacial score (nSPS) is 12.2. The third-order valence-corrected chi connectivity index (χ3v) is 2.89. The number of amides is 1. The van der Waals surface area contributed by atoms with E-state index in [9.17, 15) is 15.0 Å². The van der Waals surface area contributed by atoms with Crippen molar-refractivity contribution in [2.24, 2.45) is 5.73 Å². The van der Waals surface area contributed by atoms with Gasteiger partial charge in [-0.15, -0.1) is 0 Å². The van der Waals surface area contributed by atoms with E-state index >= 15 is 0 Å². The minimum absolute atomic E-state index is 0.104. The molecule has 0 saturated carbocycles. The number of rotatable bonds is 5. The van der Waals surface area contributed by atoms with Crippen LogP contribution in [0.15, 0.2) is 18.2 Å². The Kier molecular flexibility index (Phi) is 4.97. The molecule has 1 aromatic rings. The van der Waals surface area contributed by atoms with Crippen LogP contribution >= 0.6 is 0 Å². The van der Waals surface area contributed by atoms with Crippen LogP contribution in [0.25, 0.3) is 0 Å². The van der Waals surface area contributed by atoms with Gasteiger partial charge in [0.1, 0.15) is 0 Å². The Bertz CT molecular complexity index is 417. The first kappa shape index (κ1) is 14.3. The van der Waals surface area contributed by atoms with Gasteiger partial charge in [-0.25, -0.2) is 0 Å². The summed E-state index contributed by atoms with van der Waals surface area (Å²) in [4.78, 5) is 13.6. The molecule has 0 radical (unpaired) electrons. The zero-order valence-corrected chi connectivity index (χ0v) is 10.8. The van der Waals surface area contributed by atoms with Crippen LogP contribution in [-0.4, -0.2) is 40.2 Å². The number of phenols is 2. The third kappa shape index (κ3) is 3.37. The van der Waals surface area contributed by atoms with Gasteiger partial charge >= 0.3 is 0 Å². The summed E-state index contributed by atoms with van der Waals surface area (Å²) < 4.78 is 0. The van der Waals surface area contributed by atoms with Gasteiger partial charge in [-0.05, 0) is 38.0 Å². The van der Waals surface area contributed by atoms with E-state index in [4.69, 9.17) is 5.73 Å². The van der Waals surface area contributed by atoms with Gasteiger partial charge in [0, 0.05) is 13.1 Å². The van der Waals surface area contributed by atoms with E-state index in [2.05, 4.69) is 0 Å². The molecule has 0 aliphatic heterocycles. The Labute approximate surface area is 107 Å². The summed E-state index contributed by atoms with van der Waals surface area (Å²) in [5.41, 5.74) is 6.57. The van der Waals surface area contributed by atoms with Crippen molar-refractivity contribution in [2.45, 2.75) is 26.3 Å². The molecular weight excluding hydrogens is 232 g/mol. The van der Waals surface area contributed by atoms with Gasteiger partial charge in [-0.2, -0.15) is 0 Å². The molecule has 1 amide bonds. The Morgan fingerprint density at radius 2 is 1.89 bits per heavy atom. The van der Waals surface area contributed by atoms with Crippen molar-refractivity contribution in [3.8, 4) is 11.5 Å². The second-order valence-electron chi connectivity index (χ2n) is 4.14. The average Bonchev–Trinajstić information content (AvgIpc) is 2.35. The maximum atomic E-state index is 12.0. The molecule has 0 unspecified atom stereocenters. The lowest BCUT2D eigenvalue weighted by molar-refractivity contribution is -0.132. The Balaban J connectivity index is 2.71. The summed E-state index contributed by atoms with van der Waals surface area (Å²) in [7, 11) is 0. The van der Waals surface area contributed by atoms with E-state index in [-0.39, 0.29) is 17.4 Å². The SMILES string of the molecule is CCN(CC)C(=O)[C@@H](N)Cc1ccc(O)c(O)c1. The van der Waals surface area contributed by atoms with Crippen molar-refractivity contribution in [1.82, 2.24) is 4.90 Å². The number of carbonyl (C=O) groups is 1. The number of nitrogens with zero attached hydrogens (tertiary/aromatic N) is 1. The molecule has 5 nitrogen and oxygen atoms in total. The molecule has 1 aromatic carbocycles. The zero-order valence-electron chi connectivity index (χ0n) is 10.8. The van der Waals surface area contributed by atoms with Crippen LogP contribution in [0.1, 0.15) is 19.4 Å². The molecule has 0 bridgehead atoms. The lowest BCUT2D eigenvalue weighted by Gasteiger charge is -2.22. The number of likely N-dealkylation sites (N-methyl/N-ethyl adjacent to an activating group) is 1. The van der Waals surface area contributed by atoms with Gasteiger partial charge in [0.25, 0.3) is 0 Å². The second kappa shape index (κ2) is 6.26. The minimum atomic E-state index is -0.631. The standard InChI is InChI=1S/C13H20N2O3/c1-3-15(4-2)13(18)10(14)7-9-5-6-11(16)12(17)8-9/h5-6,8,10,16-17H,3-4,7,14H2,1-2H3/t10-/m0/s1. The summed E-state index contributed by atoms with van der Waals surface area (Å²) >= 11 is 0. The van der Waals surface area contributed by atoms with Crippen molar-refractivity contribution in [2.75, 3.05) is 13.1 Å². The topological polar surface area (TPSA) is 86.8 Å². The molecule has 4 N–H and O–H groups in total. The van der Waals surface area contributed by atoms with Gasteiger partial charge < -0.3 is 20.8 Å². The molecule has 0 aromatic heterocycles. The lowest BCUT2D eigenvalue weighted by Crippen LogP contribution is -2.44. The molecule has 0 heterocycles. The molecule has 0 fully saturated rings. The van der Waals surface area contributed by atoms with Crippen LogP contribution < -0.4 is 5.73 Å². The van der Waals surface area contributed by atoms with Gasteiger partial charge in [0.2, 0.25) is 5.91 Å². The van der Waals surface area contributed by atoms with Crippen LogP contribution in [0.5, 0.6) is 11.5 Å². The van der Waals surface area contributed by atoms with Crippen LogP contribution in [0.3, 0.4) is 0 Å². The highest BCUT2D eigenvalue weighted by Crippen LogP contribution is 2.25. The zero-order chi connectivity index (χ0) is 13.7. The first-order valence-corrected chi connectivity index (χ1v) is 6.04. The highest BCUT2D eigenvalue weighted by molar-refractivity contribution is 5.82. The molecule has 100 valence electrons. The van der Waals surface area contributed by atoms with Gasteiger partial charge in [0.15, 0.2) is 11.5 Å². The van der Waals surface area contributed by atoms with Gasteiger partial charge in [-0.3, -0.25) is 4.79 Å². The number of hydrogen-bond donors (Lipinski definition) is 3. The molecule has 0 aliphatic carbocycles. The number of nitrogens with two attached hydrogens (primary N) is 1. The number of aromatic hydroxyl groups is 2. The number of carbonyl (C=O) groups excluding carboxylic acids is 1. The lowest BCUT2D eigenvalue weighted by atomic mass is 10.0. The number of benzene rings is 1. The second-order valence-corrected chi connectivity index (χ2v) is 4.14. The smallest absolute Gasteiger partial charge is 0.239 e. The average molecular weight is 252 g/mol. The summed E-state index contributed by atoms with van der Waals surface area (Å²) in [6.07, 6.45) is 0.336. The largest absolute Gasteiger partial charge is 0.504 e. The summed E-state index contributed by atoms with van der Waals surface area (Å²) in [6, 6.07) is 3.82. The fourth-order valence-corrected chi connectivity index (χ4v) is 1.81. The van der Waals surface area contributed by atoms with Crippen LogP contribution in [-0.2, 0) is 11.2 Å². The Morgan fingerprint density at radius 3 is 2.39 bits per heavy atom.